The molecule has 0 amide bonds. The number of methoxy groups -OCH3 is 1. The molecule has 0 aromatic carbocycles. The molecule has 2 heterocycles. The Morgan fingerprint density at radius 3 is 2.84 bits per heavy atom. The van der Waals surface area contributed by atoms with E-state index >= 15 is 0 Å². The zero-order valence-corrected chi connectivity index (χ0v) is 11.5. The largest absolute Gasteiger partial charge is 0.467 e. The van der Waals surface area contributed by atoms with Gasteiger partial charge in [0.15, 0.2) is 0 Å². The maximum atomic E-state index is 9.54. The molecule has 7 heteroatoms. The van der Waals surface area contributed by atoms with Crippen molar-refractivity contribution < 1.29 is 9.84 Å². The number of hydrogen-bond donors (Lipinski definition) is 2. The van der Waals surface area contributed by atoms with Gasteiger partial charge in [-0.15, -0.1) is 0 Å². The zero-order valence-electron chi connectivity index (χ0n) is 11.5. The van der Waals surface area contributed by atoms with Gasteiger partial charge in [0.25, 0.3) is 0 Å². The standard InChI is InChI=1S/C12H21N5O2/c1-13-10-14-11(16-12(15-10)19-2)17-7-5-3-4-6-9(17)8-18/h9,18H,3-8H2,1-2H3,(H,13,14,15,16). The third kappa shape index (κ3) is 3.23. The van der Waals surface area contributed by atoms with Crippen molar-refractivity contribution in [3.05, 3.63) is 0 Å². The van der Waals surface area contributed by atoms with Crippen molar-refractivity contribution >= 4 is 11.9 Å². The lowest BCUT2D eigenvalue weighted by atomic mass is 10.1. The van der Waals surface area contributed by atoms with Crippen molar-refractivity contribution in [1.82, 2.24) is 15.0 Å². The predicted molar refractivity (Wildman–Crippen MR) is 72.6 cm³/mol. The second-order valence-electron chi connectivity index (χ2n) is 4.57. The van der Waals surface area contributed by atoms with Crippen LogP contribution in [-0.2, 0) is 0 Å². The van der Waals surface area contributed by atoms with E-state index in [2.05, 4.69) is 25.2 Å². The summed E-state index contributed by atoms with van der Waals surface area (Å²) in [7, 11) is 3.29. The topological polar surface area (TPSA) is 83.4 Å². The summed E-state index contributed by atoms with van der Waals surface area (Å²) < 4.78 is 5.10. The molecule has 1 aliphatic rings. The van der Waals surface area contributed by atoms with Crippen LogP contribution in [0.5, 0.6) is 6.01 Å². The third-order valence-electron chi connectivity index (χ3n) is 3.35. The van der Waals surface area contributed by atoms with E-state index in [1.54, 1.807) is 7.05 Å². The van der Waals surface area contributed by atoms with E-state index in [-0.39, 0.29) is 18.7 Å². The second-order valence-corrected chi connectivity index (χ2v) is 4.57. The smallest absolute Gasteiger partial charge is 0.322 e. The lowest BCUT2D eigenvalue weighted by Crippen LogP contribution is -2.39. The first-order chi connectivity index (χ1) is 9.28. The molecule has 1 aromatic rings. The molecule has 0 bridgehead atoms. The van der Waals surface area contributed by atoms with Gasteiger partial charge in [-0.25, -0.2) is 0 Å². The Morgan fingerprint density at radius 1 is 1.32 bits per heavy atom. The van der Waals surface area contributed by atoms with Gasteiger partial charge in [-0.05, 0) is 12.8 Å². The van der Waals surface area contributed by atoms with Gasteiger partial charge in [0, 0.05) is 13.6 Å². The summed E-state index contributed by atoms with van der Waals surface area (Å²) in [6.07, 6.45) is 4.34. The van der Waals surface area contributed by atoms with Crippen LogP contribution in [0.1, 0.15) is 25.7 Å². The van der Waals surface area contributed by atoms with E-state index in [0.29, 0.717) is 11.9 Å². The number of aliphatic hydroxyl groups is 1. The fourth-order valence-corrected chi connectivity index (χ4v) is 2.31. The van der Waals surface area contributed by atoms with E-state index in [1.807, 2.05) is 0 Å². The Labute approximate surface area is 113 Å². The summed E-state index contributed by atoms with van der Waals surface area (Å²) in [5.74, 6) is 1.04. The zero-order chi connectivity index (χ0) is 13.7. The van der Waals surface area contributed by atoms with Crippen molar-refractivity contribution in [2.45, 2.75) is 31.7 Å². The van der Waals surface area contributed by atoms with Crippen molar-refractivity contribution in [3.8, 4) is 6.01 Å². The van der Waals surface area contributed by atoms with Crippen molar-refractivity contribution in [3.63, 3.8) is 0 Å². The Kier molecular flexibility index (Phi) is 4.73. The van der Waals surface area contributed by atoms with Crippen LogP contribution < -0.4 is 15.0 Å². The molecular weight excluding hydrogens is 246 g/mol. The number of rotatable bonds is 4. The van der Waals surface area contributed by atoms with Gasteiger partial charge in [0.2, 0.25) is 11.9 Å². The number of ether oxygens (including phenoxy) is 1. The van der Waals surface area contributed by atoms with Crippen LogP contribution in [0.15, 0.2) is 0 Å². The maximum Gasteiger partial charge on any atom is 0.322 e. The molecule has 19 heavy (non-hydrogen) atoms. The summed E-state index contributed by atoms with van der Waals surface area (Å²) >= 11 is 0. The van der Waals surface area contributed by atoms with Gasteiger partial charge in [-0.1, -0.05) is 12.8 Å². The van der Waals surface area contributed by atoms with E-state index in [4.69, 9.17) is 4.74 Å². The highest BCUT2D eigenvalue weighted by atomic mass is 16.5. The van der Waals surface area contributed by atoms with Crippen molar-refractivity contribution in [2.24, 2.45) is 0 Å². The lowest BCUT2D eigenvalue weighted by Gasteiger charge is -2.28. The van der Waals surface area contributed by atoms with Gasteiger partial charge in [0.05, 0.1) is 19.8 Å². The molecule has 7 nitrogen and oxygen atoms in total. The van der Waals surface area contributed by atoms with E-state index in [9.17, 15) is 5.11 Å². The summed E-state index contributed by atoms with van der Waals surface area (Å²) in [4.78, 5) is 14.8. The molecule has 1 atom stereocenters. The minimum Gasteiger partial charge on any atom is -0.467 e. The van der Waals surface area contributed by atoms with Gasteiger partial charge >= 0.3 is 6.01 Å². The fourth-order valence-electron chi connectivity index (χ4n) is 2.31. The molecule has 1 fully saturated rings. The first kappa shape index (κ1) is 13.8. The van der Waals surface area contributed by atoms with Crippen molar-refractivity contribution in [2.75, 3.05) is 37.5 Å². The van der Waals surface area contributed by atoms with Crippen LogP contribution in [0.4, 0.5) is 11.9 Å². The highest BCUT2D eigenvalue weighted by Gasteiger charge is 2.23. The average molecular weight is 267 g/mol. The monoisotopic (exact) mass is 267 g/mol. The van der Waals surface area contributed by atoms with Crippen LogP contribution in [0, 0.1) is 0 Å². The molecule has 1 aliphatic heterocycles. The normalized spacial score (nSPS) is 19.9. The Balaban J connectivity index is 2.31. The highest BCUT2D eigenvalue weighted by Crippen LogP contribution is 2.23. The van der Waals surface area contributed by atoms with Gasteiger partial charge < -0.3 is 20.1 Å². The molecule has 1 aromatic heterocycles. The number of anilines is 2. The number of aliphatic hydroxyl groups excluding tert-OH is 1. The van der Waals surface area contributed by atoms with Crippen molar-refractivity contribution in [1.29, 1.82) is 0 Å². The minimum absolute atomic E-state index is 0.0688. The number of nitrogens with zero attached hydrogens (tertiary/aromatic N) is 4. The molecular formula is C12H21N5O2. The minimum atomic E-state index is 0.0688. The molecule has 1 saturated heterocycles. The molecule has 0 spiro atoms. The molecule has 2 N–H and O–H groups in total. The van der Waals surface area contributed by atoms with E-state index < -0.39 is 0 Å². The van der Waals surface area contributed by atoms with Crippen LogP contribution in [-0.4, -0.2) is 53.4 Å². The van der Waals surface area contributed by atoms with E-state index in [1.165, 1.54) is 13.5 Å². The summed E-state index contributed by atoms with van der Waals surface area (Å²) in [5.41, 5.74) is 0. The lowest BCUT2D eigenvalue weighted by molar-refractivity contribution is 0.253. The first-order valence-corrected chi connectivity index (χ1v) is 6.63. The Hall–Kier alpha value is -1.63. The Morgan fingerprint density at radius 2 is 2.16 bits per heavy atom. The van der Waals surface area contributed by atoms with E-state index in [0.717, 1.165) is 25.8 Å². The molecule has 1 unspecified atom stereocenters. The molecule has 0 aliphatic carbocycles. The van der Waals surface area contributed by atoms with Crippen LogP contribution >= 0.6 is 0 Å². The average Bonchev–Trinajstić information content (AvgIpc) is 2.71. The van der Waals surface area contributed by atoms with Crippen LogP contribution in [0.2, 0.25) is 0 Å². The first-order valence-electron chi connectivity index (χ1n) is 6.63. The second kappa shape index (κ2) is 6.51. The fraction of sp³-hybridized carbons (Fsp3) is 0.750. The number of aromatic nitrogens is 3. The molecule has 0 radical (unpaired) electrons. The Bertz CT molecular complexity index is 393. The highest BCUT2D eigenvalue weighted by molar-refractivity contribution is 5.39. The SMILES string of the molecule is CNc1nc(OC)nc(N2CCCCCC2CO)n1. The maximum absolute atomic E-state index is 9.54. The molecule has 2 rings (SSSR count). The summed E-state index contributed by atoms with van der Waals surface area (Å²) in [5, 5.41) is 12.4. The summed E-state index contributed by atoms with van der Waals surface area (Å²) in [6, 6.07) is 0.356. The summed E-state index contributed by atoms with van der Waals surface area (Å²) in [6.45, 7) is 0.963. The van der Waals surface area contributed by atoms with Gasteiger partial charge in [0.1, 0.15) is 0 Å². The molecule has 106 valence electrons. The van der Waals surface area contributed by atoms with Gasteiger partial charge in [-0.3, -0.25) is 0 Å². The predicted octanol–water partition coefficient (Wildman–Crippen LogP) is 0.663. The third-order valence-corrected chi connectivity index (χ3v) is 3.35. The quantitative estimate of drug-likeness (QED) is 0.829. The molecule has 0 saturated carbocycles. The number of hydrogen-bond acceptors (Lipinski definition) is 7. The van der Waals surface area contributed by atoms with Gasteiger partial charge in [-0.2, -0.15) is 15.0 Å². The van der Waals surface area contributed by atoms with Crippen LogP contribution in [0.3, 0.4) is 0 Å². The number of nitrogens with one attached hydrogen (secondary N) is 1. The van der Waals surface area contributed by atoms with Crippen LogP contribution in [0.25, 0.3) is 0 Å².